The van der Waals surface area contributed by atoms with Gasteiger partial charge in [0.15, 0.2) is 0 Å². The molecule has 0 amide bonds. The summed E-state index contributed by atoms with van der Waals surface area (Å²) in [6, 6.07) is 22.6. The fourth-order valence-corrected chi connectivity index (χ4v) is 5.53. The minimum atomic E-state index is -4.27. The summed E-state index contributed by atoms with van der Waals surface area (Å²) >= 11 is 0. The third kappa shape index (κ3) is 11.7. The highest BCUT2D eigenvalue weighted by Gasteiger charge is 2.33. The van der Waals surface area contributed by atoms with Crippen molar-refractivity contribution in [2.45, 2.75) is 98.6 Å². The van der Waals surface area contributed by atoms with Gasteiger partial charge in [0.25, 0.3) is 0 Å². The lowest BCUT2D eigenvalue weighted by atomic mass is 9.79. The number of fused-ring (bicyclic) bond motifs is 1. The largest absolute Gasteiger partial charge is 0.416 e. The van der Waals surface area contributed by atoms with E-state index in [2.05, 4.69) is 77.2 Å². The zero-order chi connectivity index (χ0) is 31.0. The van der Waals surface area contributed by atoms with Gasteiger partial charge in [-0.25, -0.2) is 0 Å². The van der Waals surface area contributed by atoms with E-state index in [1.807, 2.05) is 36.4 Å². The lowest BCUT2D eigenvalue weighted by Gasteiger charge is -2.33. The van der Waals surface area contributed by atoms with Crippen LogP contribution in [0.4, 0.5) is 18.9 Å². The summed E-state index contributed by atoms with van der Waals surface area (Å²) in [7, 11) is 0. The molecule has 42 heavy (non-hydrogen) atoms. The molecular weight excluding hydrogens is 527 g/mol. The molecule has 1 heterocycles. The smallest absolute Gasteiger partial charge is 0.385 e. The second-order valence-electron chi connectivity index (χ2n) is 11.6. The number of unbranched alkanes of at least 4 members (excludes halogenated alkanes) is 2. The van der Waals surface area contributed by atoms with E-state index in [4.69, 9.17) is 0 Å². The van der Waals surface area contributed by atoms with Crippen molar-refractivity contribution in [3.05, 3.63) is 107 Å². The van der Waals surface area contributed by atoms with Gasteiger partial charge in [0.1, 0.15) is 0 Å². The number of nitrogens with one attached hydrogen (secondary N) is 1. The Balaban J connectivity index is 0.000000280. The van der Waals surface area contributed by atoms with Crippen molar-refractivity contribution in [1.82, 2.24) is 0 Å². The SMILES string of the molecule is C/C=C\c1c(C)cccc1CC.CCCCCC(C)CCC1CNc2ccc(C(F)(F)F)cc2C1C.c1ccccc1. The Labute approximate surface area is 253 Å². The van der Waals surface area contributed by atoms with Gasteiger partial charge < -0.3 is 5.32 Å². The highest BCUT2D eigenvalue weighted by Crippen LogP contribution is 2.41. The lowest BCUT2D eigenvalue weighted by Crippen LogP contribution is -2.27. The van der Waals surface area contributed by atoms with Crippen LogP contribution in [0.3, 0.4) is 0 Å². The minimum Gasteiger partial charge on any atom is -0.385 e. The third-order valence-corrected chi connectivity index (χ3v) is 8.26. The topological polar surface area (TPSA) is 12.0 Å². The molecule has 3 aromatic carbocycles. The molecule has 1 N–H and O–H groups in total. The molecule has 0 radical (unpaired) electrons. The molecule has 0 spiro atoms. The van der Waals surface area contributed by atoms with Gasteiger partial charge in [0.2, 0.25) is 0 Å². The molecule has 1 aliphatic heterocycles. The molecule has 0 aromatic heterocycles. The number of hydrogen-bond acceptors (Lipinski definition) is 1. The second-order valence-corrected chi connectivity index (χ2v) is 11.6. The molecule has 0 fully saturated rings. The standard InChI is InChI=1S/C20H30F3N.C12H16.C6H6/c1-4-5-6-7-14(2)8-9-16-13-24-19-11-10-17(20(21,22)23)12-18(19)15(16)3;1-4-7-12-10(3)8-6-9-11(12)5-2;1-2-4-6-5-3-1/h10-12,14-16,24H,4-9,13H2,1-3H3;4,6-9H,5H2,1-3H3;1-6H/b;7-4-;. The summed E-state index contributed by atoms with van der Waals surface area (Å²) in [6.45, 7) is 13.9. The zero-order valence-corrected chi connectivity index (χ0v) is 26.6. The maximum absolute atomic E-state index is 13.0. The first-order valence-corrected chi connectivity index (χ1v) is 15.8. The summed E-state index contributed by atoms with van der Waals surface area (Å²) < 4.78 is 38.9. The fraction of sp³-hybridized carbons (Fsp3) is 0.474. The first kappa shape index (κ1) is 35.2. The number of allylic oxidation sites excluding steroid dienone is 1. The molecule has 230 valence electrons. The average molecular weight is 580 g/mol. The Morgan fingerprint density at radius 3 is 2.17 bits per heavy atom. The number of alkyl halides is 3. The van der Waals surface area contributed by atoms with E-state index in [1.54, 1.807) is 6.07 Å². The van der Waals surface area contributed by atoms with Gasteiger partial charge in [-0.3, -0.25) is 0 Å². The second kappa shape index (κ2) is 18.5. The van der Waals surface area contributed by atoms with Crippen molar-refractivity contribution < 1.29 is 13.2 Å². The average Bonchev–Trinajstić information content (AvgIpc) is 2.99. The van der Waals surface area contributed by atoms with Crippen molar-refractivity contribution in [2.75, 3.05) is 11.9 Å². The van der Waals surface area contributed by atoms with Crippen LogP contribution in [0.15, 0.2) is 78.9 Å². The molecule has 3 aromatic rings. The molecule has 3 unspecified atom stereocenters. The fourth-order valence-electron chi connectivity index (χ4n) is 5.53. The van der Waals surface area contributed by atoms with Crippen molar-refractivity contribution in [1.29, 1.82) is 0 Å². The van der Waals surface area contributed by atoms with Gasteiger partial charge in [-0.1, -0.05) is 127 Å². The van der Waals surface area contributed by atoms with Gasteiger partial charge in [-0.05, 0) is 84.9 Å². The van der Waals surface area contributed by atoms with E-state index in [0.717, 1.165) is 37.1 Å². The number of benzene rings is 3. The predicted octanol–water partition coefficient (Wildman–Crippen LogP) is 12.1. The number of hydrogen-bond donors (Lipinski definition) is 1. The molecule has 3 atom stereocenters. The summed E-state index contributed by atoms with van der Waals surface area (Å²) in [5.41, 5.74) is 5.34. The van der Waals surface area contributed by atoms with Crippen LogP contribution < -0.4 is 5.32 Å². The maximum Gasteiger partial charge on any atom is 0.416 e. The first-order chi connectivity index (χ1) is 20.1. The van der Waals surface area contributed by atoms with Gasteiger partial charge in [0.05, 0.1) is 5.56 Å². The molecule has 1 nitrogen and oxygen atoms in total. The molecule has 0 bridgehead atoms. The Morgan fingerprint density at radius 2 is 1.60 bits per heavy atom. The monoisotopic (exact) mass is 579 g/mol. The number of rotatable bonds is 9. The summed E-state index contributed by atoms with van der Waals surface area (Å²) in [6.07, 6.45) is 8.46. The molecule has 4 rings (SSSR count). The Morgan fingerprint density at radius 1 is 0.929 bits per heavy atom. The van der Waals surface area contributed by atoms with E-state index >= 15 is 0 Å². The molecule has 4 heteroatoms. The third-order valence-electron chi connectivity index (χ3n) is 8.26. The first-order valence-electron chi connectivity index (χ1n) is 15.8. The Kier molecular flexibility index (Phi) is 15.5. The van der Waals surface area contributed by atoms with Crippen molar-refractivity contribution in [3.8, 4) is 0 Å². The van der Waals surface area contributed by atoms with E-state index in [9.17, 15) is 13.2 Å². The number of halogens is 3. The number of aryl methyl sites for hydroxylation is 2. The molecular formula is C38H52F3N. The Bertz CT molecular complexity index is 1160. The van der Waals surface area contributed by atoms with Gasteiger partial charge in [-0.2, -0.15) is 13.2 Å². The van der Waals surface area contributed by atoms with Crippen LogP contribution in [0.1, 0.15) is 107 Å². The maximum atomic E-state index is 13.0. The van der Waals surface area contributed by atoms with Crippen LogP contribution in [0.2, 0.25) is 0 Å². The van der Waals surface area contributed by atoms with E-state index in [0.29, 0.717) is 11.8 Å². The van der Waals surface area contributed by atoms with Crippen molar-refractivity contribution in [2.24, 2.45) is 11.8 Å². The van der Waals surface area contributed by atoms with E-state index < -0.39 is 11.7 Å². The Hall–Kier alpha value is -3.01. The van der Waals surface area contributed by atoms with E-state index in [1.165, 1.54) is 54.5 Å². The van der Waals surface area contributed by atoms with Crippen molar-refractivity contribution in [3.63, 3.8) is 0 Å². The van der Waals surface area contributed by atoms with Crippen LogP contribution in [0, 0.1) is 18.8 Å². The molecule has 1 aliphatic rings. The van der Waals surface area contributed by atoms with Crippen LogP contribution >= 0.6 is 0 Å². The summed E-state index contributed by atoms with van der Waals surface area (Å²) in [5, 5.41) is 3.33. The molecule has 0 saturated carbocycles. The van der Waals surface area contributed by atoms with Gasteiger partial charge in [0, 0.05) is 12.2 Å². The summed E-state index contributed by atoms with van der Waals surface area (Å²) in [4.78, 5) is 0. The van der Waals surface area contributed by atoms with Crippen LogP contribution in [-0.4, -0.2) is 6.54 Å². The molecule has 0 aliphatic carbocycles. The van der Waals surface area contributed by atoms with E-state index in [-0.39, 0.29) is 5.92 Å². The highest BCUT2D eigenvalue weighted by atomic mass is 19.4. The van der Waals surface area contributed by atoms with Gasteiger partial charge >= 0.3 is 6.18 Å². The lowest BCUT2D eigenvalue weighted by molar-refractivity contribution is -0.137. The van der Waals surface area contributed by atoms with Crippen LogP contribution in [-0.2, 0) is 12.6 Å². The van der Waals surface area contributed by atoms with Gasteiger partial charge in [-0.15, -0.1) is 0 Å². The summed E-state index contributed by atoms with van der Waals surface area (Å²) in [5.74, 6) is 1.28. The highest BCUT2D eigenvalue weighted by molar-refractivity contribution is 5.58. The molecule has 0 saturated heterocycles. The zero-order valence-electron chi connectivity index (χ0n) is 26.6. The normalized spacial score (nSPS) is 16.8. The van der Waals surface area contributed by atoms with Crippen molar-refractivity contribution >= 4 is 11.8 Å². The minimum absolute atomic E-state index is 0.173. The predicted molar refractivity (Wildman–Crippen MR) is 176 cm³/mol. The van der Waals surface area contributed by atoms with Crippen LogP contribution in [0.25, 0.3) is 6.08 Å². The van der Waals surface area contributed by atoms with Crippen LogP contribution in [0.5, 0.6) is 0 Å². The number of anilines is 1. The quantitative estimate of drug-likeness (QED) is 0.249.